The normalized spacial score (nSPS) is 12.2. The Morgan fingerprint density at radius 3 is 2.42 bits per heavy atom. The summed E-state index contributed by atoms with van der Waals surface area (Å²) in [6, 6.07) is 5.51. The number of para-hydroxylation sites is 1. The van der Waals surface area contributed by atoms with Gasteiger partial charge in [-0.2, -0.15) is 0 Å². The Morgan fingerprint density at radius 2 is 1.89 bits per heavy atom. The molecule has 0 spiro atoms. The smallest absolute Gasteiger partial charge is 0.238 e. The van der Waals surface area contributed by atoms with Crippen LogP contribution in [0.5, 0.6) is 0 Å². The standard InChI is InChI=1S/C14H20Cl2N2O/c1-3-6-10(4-2)17-9-13(19)18-14-11(15)7-5-8-12(14)16/h5,7-8,10,17H,3-4,6,9H2,1-2H3,(H,18,19). The SMILES string of the molecule is CCCC(CC)NCC(=O)Nc1c(Cl)cccc1Cl. The fourth-order valence-electron chi connectivity index (χ4n) is 1.84. The zero-order valence-corrected chi connectivity index (χ0v) is 12.8. The average molecular weight is 303 g/mol. The molecule has 0 saturated carbocycles. The van der Waals surface area contributed by atoms with Crippen LogP contribution in [-0.4, -0.2) is 18.5 Å². The third-order valence-corrected chi connectivity index (χ3v) is 3.54. The van der Waals surface area contributed by atoms with Gasteiger partial charge in [-0.3, -0.25) is 4.79 Å². The number of carbonyl (C=O) groups is 1. The summed E-state index contributed by atoms with van der Waals surface area (Å²) in [6.07, 6.45) is 3.17. The second-order valence-corrected chi connectivity index (χ2v) is 5.23. The van der Waals surface area contributed by atoms with E-state index in [0.29, 0.717) is 21.8 Å². The molecule has 106 valence electrons. The monoisotopic (exact) mass is 302 g/mol. The van der Waals surface area contributed by atoms with Gasteiger partial charge in [0.25, 0.3) is 0 Å². The van der Waals surface area contributed by atoms with Crippen molar-refractivity contribution in [1.29, 1.82) is 0 Å². The molecule has 0 fully saturated rings. The van der Waals surface area contributed by atoms with Crippen LogP contribution < -0.4 is 10.6 Å². The van der Waals surface area contributed by atoms with Crippen molar-refractivity contribution in [2.45, 2.75) is 39.2 Å². The molecule has 0 aliphatic rings. The molecule has 19 heavy (non-hydrogen) atoms. The van der Waals surface area contributed by atoms with Crippen LogP contribution in [0.25, 0.3) is 0 Å². The molecule has 1 unspecified atom stereocenters. The molecule has 2 N–H and O–H groups in total. The maximum atomic E-state index is 11.9. The van der Waals surface area contributed by atoms with E-state index in [-0.39, 0.29) is 12.5 Å². The lowest BCUT2D eigenvalue weighted by Crippen LogP contribution is -2.35. The molecular weight excluding hydrogens is 283 g/mol. The summed E-state index contributed by atoms with van der Waals surface area (Å²) < 4.78 is 0. The van der Waals surface area contributed by atoms with Crippen molar-refractivity contribution in [3.8, 4) is 0 Å². The Hall–Kier alpha value is -0.770. The van der Waals surface area contributed by atoms with Crippen molar-refractivity contribution in [2.75, 3.05) is 11.9 Å². The highest BCUT2D eigenvalue weighted by atomic mass is 35.5. The molecular formula is C14H20Cl2N2O. The van der Waals surface area contributed by atoms with Gasteiger partial charge in [0.05, 0.1) is 22.3 Å². The van der Waals surface area contributed by atoms with E-state index in [1.54, 1.807) is 18.2 Å². The Kier molecular flexibility index (Phi) is 7.21. The molecule has 5 heteroatoms. The van der Waals surface area contributed by atoms with Gasteiger partial charge in [-0.25, -0.2) is 0 Å². The number of anilines is 1. The molecule has 1 atom stereocenters. The number of amides is 1. The predicted molar refractivity (Wildman–Crippen MR) is 82.1 cm³/mol. The zero-order valence-electron chi connectivity index (χ0n) is 11.3. The molecule has 1 aromatic rings. The first-order chi connectivity index (χ1) is 9.08. The second kappa shape index (κ2) is 8.41. The maximum absolute atomic E-state index is 11.9. The highest BCUT2D eigenvalue weighted by Gasteiger charge is 2.11. The molecule has 0 aromatic heterocycles. The summed E-state index contributed by atoms with van der Waals surface area (Å²) in [5, 5.41) is 6.86. The molecule has 0 saturated heterocycles. The molecule has 1 amide bonds. The largest absolute Gasteiger partial charge is 0.322 e. The summed E-state index contributed by atoms with van der Waals surface area (Å²) in [4.78, 5) is 11.9. The predicted octanol–water partition coefficient (Wildman–Crippen LogP) is 4.10. The average Bonchev–Trinajstić information content (AvgIpc) is 2.39. The van der Waals surface area contributed by atoms with Crippen molar-refractivity contribution < 1.29 is 4.79 Å². The topological polar surface area (TPSA) is 41.1 Å². The Labute approximate surface area is 124 Å². The first kappa shape index (κ1) is 16.3. The summed E-state index contributed by atoms with van der Waals surface area (Å²) in [5.41, 5.74) is 0.473. The highest BCUT2D eigenvalue weighted by molar-refractivity contribution is 6.39. The van der Waals surface area contributed by atoms with Crippen LogP contribution in [-0.2, 0) is 4.79 Å². The lowest BCUT2D eigenvalue weighted by Gasteiger charge is -2.16. The van der Waals surface area contributed by atoms with E-state index in [1.165, 1.54) is 0 Å². The van der Waals surface area contributed by atoms with Gasteiger partial charge in [-0.15, -0.1) is 0 Å². The summed E-state index contributed by atoms with van der Waals surface area (Å²) in [7, 11) is 0. The molecule has 0 aliphatic heterocycles. The number of hydrogen-bond acceptors (Lipinski definition) is 2. The minimum absolute atomic E-state index is 0.135. The number of benzene rings is 1. The van der Waals surface area contributed by atoms with Crippen LogP contribution in [0.4, 0.5) is 5.69 Å². The van der Waals surface area contributed by atoms with E-state index in [4.69, 9.17) is 23.2 Å². The lowest BCUT2D eigenvalue weighted by atomic mass is 10.1. The van der Waals surface area contributed by atoms with E-state index >= 15 is 0 Å². The molecule has 0 bridgehead atoms. The molecule has 1 aromatic carbocycles. The first-order valence-electron chi connectivity index (χ1n) is 6.55. The third kappa shape index (κ3) is 5.39. The quantitative estimate of drug-likeness (QED) is 0.796. The van der Waals surface area contributed by atoms with Crippen LogP contribution >= 0.6 is 23.2 Å². The van der Waals surface area contributed by atoms with Crippen LogP contribution in [0.15, 0.2) is 18.2 Å². The summed E-state index contributed by atoms with van der Waals surface area (Å²) >= 11 is 12.0. The van der Waals surface area contributed by atoms with Crippen molar-refractivity contribution in [1.82, 2.24) is 5.32 Å². The van der Waals surface area contributed by atoms with Gasteiger partial charge in [0.15, 0.2) is 0 Å². The van der Waals surface area contributed by atoms with Gasteiger partial charge in [-0.05, 0) is 25.0 Å². The van der Waals surface area contributed by atoms with Gasteiger partial charge in [0.2, 0.25) is 5.91 Å². The highest BCUT2D eigenvalue weighted by Crippen LogP contribution is 2.29. The van der Waals surface area contributed by atoms with Gasteiger partial charge in [-0.1, -0.05) is 49.5 Å². The number of rotatable bonds is 7. The fourth-order valence-corrected chi connectivity index (χ4v) is 2.33. The number of nitrogens with one attached hydrogen (secondary N) is 2. The zero-order chi connectivity index (χ0) is 14.3. The third-order valence-electron chi connectivity index (χ3n) is 2.91. The maximum Gasteiger partial charge on any atom is 0.238 e. The second-order valence-electron chi connectivity index (χ2n) is 4.42. The van der Waals surface area contributed by atoms with Crippen LogP contribution in [0, 0.1) is 0 Å². The molecule has 0 heterocycles. The van der Waals surface area contributed by atoms with Gasteiger partial charge in [0.1, 0.15) is 0 Å². The van der Waals surface area contributed by atoms with Gasteiger partial charge in [0, 0.05) is 6.04 Å². The molecule has 3 nitrogen and oxygen atoms in total. The van der Waals surface area contributed by atoms with Crippen molar-refractivity contribution >= 4 is 34.8 Å². The molecule has 0 radical (unpaired) electrons. The van der Waals surface area contributed by atoms with Crippen molar-refractivity contribution in [3.05, 3.63) is 28.2 Å². The minimum atomic E-state index is -0.135. The van der Waals surface area contributed by atoms with E-state index in [0.717, 1.165) is 19.3 Å². The van der Waals surface area contributed by atoms with Crippen LogP contribution in [0.3, 0.4) is 0 Å². The minimum Gasteiger partial charge on any atom is -0.322 e. The van der Waals surface area contributed by atoms with E-state index in [9.17, 15) is 4.79 Å². The van der Waals surface area contributed by atoms with Crippen LogP contribution in [0.2, 0.25) is 10.0 Å². The lowest BCUT2D eigenvalue weighted by molar-refractivity contribution is -0.115. The van der Waals surface area contributed by atoms with Gasteiger partial charge >= 0.3 is 0 Å². The van der Waals surface area contributed by atoms with Crippen molar-refractivity contribution in [2.24, 2.45) is 0 Å². The Morgan fingerprint density at radius 1 is 1.26 bits per heavy atom. The number of halogens is 2. The van der Waals surface area contributed by atoms with Gasteiger partial charge < -0.3 is 10.6 Å². The molecule has 1 rings (SSSR count). The summed E-state index contributed by atoms with van der Waals surface area (Å²) in [5.74, 6) is -0.135. The summed E-state index contributed by atoms with van der Waals surface area (Å²) in [6.45, 7) is 4.50. The Balaban J connectivity index is 2.51. The fraction of sp³-hybridized carbons (Fsp3) is 0.500. The molecule has 0 aliphatic carbocycles. The number of carbonyl (C=O) groups excluding carboxylic acids is 1. The van der Waals surface area contributed by atoms with Crippen molar-refractivity contribution in [3.63, 3.8) is 0 Å². The number of hydrogen-bond donors (Lipinski definition) is 2. The van der Waals surface area contributed by atoms with E-state index < -0.39 is 0 Å². The van der Waals surface area contributed by atoms with E-state index in [2.05, 4.69) is 24.5 Å². The van der Waals surface area contributed by atoms with E-state index in [1.807, 2.05) is 0 Å². The Bertz CT molecular complexity index is 404. The first-order valence-corrected chi connectivity index (χ1v) is 7.31. The van der Waals surface area contributed by atoms with Crippen LogP contribution in [0.1, 0.15) is 33.1 Å².